The molecule has 0 amide bonds. The molecule has 0 radical (unpaired) electrons. The van der Waals surface area contributed by atoms with Gasteiger partial charge in [-0.05, 0) is 37.3 Å². The molecule has 1 aliphatic rings. The zero-order valence-corrected chi connectivity index (χ0v) is 11.5. The van der Waals surface area contributed by atoms with E-state index in [2.05, 4.69) is 42.6 Å². The van der Waals surface area contributed by atoms with Gasteiger partial charge in [-0.25, -0.2) is 0 Å². The Hall–Kier alpha value is -0.900. The number of rotatable bonds is 3. The molecule has 18 heavy (non-hydrogen) atoms. The molecule has 1 N–H and O–H groups in total. The molecule has 2 atom stereocenters. The summed E-state index contributed by atoms with van der Waals surface area (Å²) < 4.78 is 6.89. The molecule has 3 heteroatoms. The molecule has 1 aliphatic heterocycles. The van der Waals surface area contributed by atoms with Crippen molar-refractivity contribution in [3.05, 3.63) is 35.2 Å². The van der Waals surface area contributed by atoms with Crippen molar-refractivity contribution < 1.29 is 4.74 Å². The Bertz CT molecular complexity index is 483. The van der Waals surface area contributed by atoms with Crippen molar-refractivity contribution in [2.24, 2.45) is 0 Å². The predicted octanol–water partition coefficient (Wildman–Crippen LogP) is 3.73. The molecular weight excluding hydrogens is 242 g/mol. The van der Waals surface area contributed by atoms with Gasteiger partial charge in [0.15, 0.2) is 0 Å². The van der Waals surface area contributed by atoms with E-state index in [1.54, 1.807) is 0 Å². The van der Waals surface area contributed by atoms with Gasteiger partial charge in [0, 0.05) is 28.3 Å². The van der Waals surface area contributed by atoms with Crippen LogP contribution in [0.15, 0.2) is 30.3 Å². The minimum absolute atomic E-state index is 0.411. The Morgan fingerprint density at radius 1 is 1.39 bits per heavy atom. The molecule has 0 spiro atoms. The predicted molar refractivity (Wildman–Crippen MR) is 77.2 cm³/mol. The first-order valence-corrected chi connectivity index (χ1v) is 7.47. The van der Waals surface area contributed by atoms with E-state index in [4.69, 9.17) is 4.74 Å². The van der Waals surface area contributed by atoms with Gasteiger partial charge in [-0.3, -0.25) is 0 Å². The highest BCUT2D eigenvalue weighted by Gasteiger charge is 2.17. The van der Waals surface area contributed by atoms with Crippen LogP contribution < -0.4 is 5.32 Å². The van der Waals surface area contributed by atoms with Crippen molar-refractivity contribution >= 4 is 21.4 Å². The highest BCUT2D eigenvalue weighted by molar-refractivity contribution is 7.19. The van der Waals surface area contributed by atoms with Crippen molar-refractivity contribution in [1.29, 1.82) is 0 Å². The van der Waals surface area contributed by atoms with Crippen LogP contribution >= 0.6 is 11.3 Å². The van der Waals surface area contributed by atoms with Crippen LogP contribution in [0, 0.1) is 0 Å². The number of nitrogens with one attached hydrogen (secondary N) is 1. The number of hydrogen-bond donors (Lipinski definition) is 1. The van der Waals surface area contributed by atoms with Crippen molar-refractivity contribution in [1.82, 2.24) is 5.32 Å². The SMILES string of the molecule is CC(NC1CCCOC1)c1cc2ccccc2s1. The fraction of sp³-hybridized carbons (Fsp3) is 0.467. The Morgan fingerprint density at radius 3 is 3.06 bits per heavy atom. The summed E-state index contributed by atoms with van der Waals surface area (Å²) in [5.41, 5.74) is 0. The van der Waals surface area contributed by atoms with Gasteiger partial charge in [-0.2, -0.15) is 0 Å². The van der Waals surface area contributed by atoms with Crippen LogP contribution in [0.4, 0.5) is 0 Å². The molecule has 96 valence electrons. The molecule has 2 heterocycles. The van der Waals surface area contributed by atoms with E-state index in [1.807, 2.05) is 11.3 Å². The van der Waals surface area contributed by atoms with Gasteiger partial charge in [-0.1, -0.05) is 18.2 Å². The molecule has 1 aromatic heterocycles. The molecule has 0 aliphatic carbocycles. The second-order valence-electron chi connectivity index (χ2n) is 4.99. The number of fused-ring (bicyclic) bond motifs is 1. The average molecular weight is 261 g/mol. The highest BCUT2D eigenvalue weighted by atomic mass is 32.1. The topological polar surface area (TPSA) is 21.3 Å². The largest absolute Gasteiger partial charge is 0.380 e. The molecule has 0 bridgehead atoms. The first-order chi connectivity index (χ1) is 8.83. The molecule has 2 nitrogen and oxygen atoms in total. The third-order valence-corrected chi connectivity index (χ3v) is 4.82. The maximum absolute atomic E-state index is 5.52. The zero-order valence-electron chi connectivity index (χ0n) is 10.7. The quantitative estimate of drug-likeness (QED) is 0.909. The second kappa shape index (κ2) is 5.39. The highest BCUT2D eigenvalue weighted by Crippen LogP contribution is 2.30. The molecule has 1 aromatic carbocycles. The van der Waals surface area contributed by atoms with Crippen LogP contribution in [0.3, 0.4) is 0 Å². The lowest BCUT2D eigenvalue weighted by molar-refractivity contribution is 0.0672. The van der Waals surface area contributed by atoms with Gasteiger partial charge in [0.25, 0.3) is 0 Å². The van der Waals surface area contributed by atoms with Crippen LogP contribution in [-0.4, -0.2) is 19.3 Å². The lowest BCUT2D eigenvalue weighted by Gasteiger charge is -2.26. The van der Waals surface area contributed by atoms with E-state index in [0.29, 0.717) is 12.1 Å². The number of ether oxygens (including phenoxy) is 1. The van der Waals surface area contributed by atoms with Gasteiger partial charge in [0.2, 0.25) is 0 Å². The summed E-state index contributed by atoms with van der Waals surface area (Å²) in [6.07, 6.45) is 2.41. The maximum Gasteiger partial charge on any atom is 0.0619 e. The summed E-state index contributed by atoms with van der Waals surface area (Å²) in [7, 11) is 0. The molecular formula is C15H19NOS. The van der Waals surface area contributed by atoms with E-state index in [1.165, 1.54) is 27.8 Å². The molecule has 0 saturated carbocycles. The molecule has 1 fully saturated rings. The summed E-state index contributed by atoms with van der Waals surface area (Å²) in [4.78, 5) is 1.42. The molecule has 2 unspecified atom stereocenters. The van der Waals surface area contributed by atoms with E-state index in [-0.39, 0.29) is 0 Å². The minimum Gasteiger partial charge on any atom is -0.380 e. The van der Waals surface area contributed by atoms with Gasteiger partial charge >= 0.3 is 0 Å². The number of hydrogen-bond acceptors (Lipinski definition) is 3. The van der Waals surface area contributed by atoms with E-state index >= 15 is 0 Å². The lowest BCUT2D eigenvalue weighted by atomic mass is 10.1. The lowest BCUT2D eigenvalue weighted by Crippen LogP contribution is -2.38. The Morgan fingerprint density at radius 2 is 2.28 bits per heavy atom. The van der Waals surface area contributed by atoms with Gasteiger partial charge in [-0.15, -0.1) is 11.3 Å². The Balaban J connectivity index is 1.72. The second-order valence-corrected chi connectivity index (χ2v) is 6.10. The minimum atomic E-state index is 0.411. The summed E-state index contributed by atoms with van der Waals surface area (Å²) in [6.45, 7) is 4.03. The third-order valence-electron chi connectivity index (χ3n) is 3.52. The first kappa shape index (κ1) is 12.2. The van der Waals surface area contributed by atoms with Crippen molar-refractivity contribution in [2.45, 2.75) is 31.8 Å². The smallest absolute Gasteiger partial charge is 0.0619 e. The molecule has 2 aromatic rings. The van der Waals surface area contributed by atoms with Gasteiger partial charge in [0.05, 0.1) is 6.61 Å². The average Bonchev–Trinajstić information content (AvgIpc) is 2.84. The maximum atomic E-state index is 5.52. The Labute approximate surface area is 112 Å². The van der Waals surface area contributed by atoms with Crippen LogP contribution in [-0.2, 0) is 4.74 Å². The monoisotopic (exact) mass is 261 g/mol. The molecule has 1 saturated heterocycles. The standard InChI is InChI=1S/C15H19NOS/c1-11(16-13-6-4-8-17-10-13)15-9-12-5-2-3-7-14(12)18-15/h2-3,5,7,9,11,13,16H,4,6,8,10H2,1H3. The van der Waals surface area contributed by atoms with Gasteiger partial charge in [0.1, 0.15) is 0 Å². The van der Waals surface area contributed by atoms with Crippen molar-refractivity contribution in [3.8, 4) is 0 Å². The normalized spacial score (nSPS) is 22.2. The van der Waals surface area contributed by atoms with E-state index in [9.17, 15) is 0 Å². The van der Waals surface area contributed by atoms with Crippen LogP contribution in [0.1, 0.15) is 30.7 Å². The zero-order chi connectivity index (χ0) is 12.4. The first-order valence-electron chi connectivity index (χ1n) is 6.65. The van der Waals surface area contributed by atoms with E-state index in [0.717, 1.165) is 13.2 Å². The van der Waals surface area contributed by atoms with Crippen LogP contribution in [0.25, 0.3) is 10.1 Å². The van der Waals surface area contributed by atoms with Gasteiger partial charge < -0.3 is 10.1 Å². The van der Waals surface area contributed by atoms with Crippen LogP contribution in [0.2, 0.25) is 0 Å². The third kappa shape index (κ3) is 2.58. The number of thiophene rings is 1. The summed E-state index contributed by atoms with van der Waals surface area (Å²) in [6, 6.07) is 11.8. The summed E-state index contributed by atoms with van der Waals surface area (Å²) in [5.74, 6) is 0. The summed E-state index contributed by atoms with van der Waals surface area (Å²) in [5, 5.41) is 5.03. The van der Waals surface area contributed by atoms with Crippen molar-refractivity contribution in [3.63, 3.8) is 0 Å². The number of benzene rings is 1. The fourth-order valence-electron chi connectivity index (χ4n) is 2.52. The van der Waals surface area contributed by atoms with Crippen molar-refractivity contribution in [2.75, 3.05) is 13.2 Å². The molecule has 3 rings (SSSR count). The Kier molecular flexibility index (Phi) is 3.64. The fourth-order valence-corrected chi connectivity index (χ4v) is 3.60. The summed E-state index contributed by atoms with van der Waals surface area (Å²) >= 11 is 1.89. The van der Waals surface area contributed by atoms with E-state index < -0.39 is 0 Å². The van der Waals surface area contributed by atoms with Crippen LogP contribution in [0.5, 0.6) is 0 Å².